The fourth-order valence-corrected chi connectivity index (χ4v) is 3.43. The molecule has 2 atom stereocenters. The third-order valence-electron chi connectivity index (χ3n) is 5.03. The van der Waals surface area contributed by atoms with Gasteiger partial charge in [-0.2, -0.15) is 0 Å². The van der Waals surface area contributed by atoms with Gasteiger partial charge in [0, 0.05) is 31.2 Å². The molecule has 1 N–H and O–H groups in total. The number of amides is 1. The number of hydrogen-bond acceptors (Lipinski definition) is 6. The van der Waals surface area contributed by atoms with Crippen molar-refractivity contribution < 1.29 is 18.7 Å². The zero-order valence-electron chi connectivity index (χ0n) is 14.4. The quantitative estimate of drug-likeness (QED) is 0.744. The van der Waals surface area contributed by atoms with E-state index in [1.54, 1.807) is 0 Å². The lowest BCUT2D eigenvalue weighted by molar-refractivity contribution is -0.141. The van der Waals surface area contributed by atoms with Gasteiger partial charge in [0.15, 0.2) is 0 Å². The van der Waals surface area contributed by atoms with Gasteiger partial charge in [-0.15, -0.1) is 0 Å². The molecule has 1 amide bonds. The standard InChI is InChI=1S/C18H24N2O5/c1-24-17(22)8-14-5-6-15(20(14)10-12-2-3-12)9-19-18(23)13-4-7-16(21)25-11-13/h4,7,11-12,14-15H,2-3,5-6,8-10H2,1H3,(H,19,23)/t14-,15+/m1/s1. The minimum atomic E-state index is -0.478. The molecule has 0 bridgehead atoms. The number of nitrogens with one attached hydrogen (secondary N) is 1. The number of carbonyl (C=O) groups is 2. The molecule has 1 aromatic heterocycles. The third kappa shape index (κ3) is 4.69. The summed E-state index contributed by atoms with van der Waals surface area (Å²) in [5.74, 6) is 0.265. The molecule has 1 aromatic rings. The van der Waals surface area contributed by atoms with Crippen molar-refractivity contribution in [1.29, 1.82) is 0 Å². The molecule has 1 aliphatic heterocycles. The van der Waals surface area contributed by atoms with Crippen molar-refractivity contribution in [3.63, 3.8) is 0 Å². The maximum Gasteiger partial charge on any atom is 0.335 e. The average Bonchev–Trinajstić information content (AvgIpc) is 3.36. The third-order valence-corrected chi connectivity index (χ3v) is 5.03. The van der Waals surface area contributed by atoms with E-state index in [9.17, 15) is 14.4 Å². The molecule has 7 heteroatoms. The van der Waals surface area contributed by atoms with E-state index in [2.05, 4.69) is 10.2 Å². The van der Waals surface area contributed by atoms with E-state index in [1.807, 2.05) is 0 Å². The Hall–Kier alpha value is -2.15. The lowest BCUT2D eigenvalue weighted by atomic mass is 10.1. The zero-order chi connectivity index (χ0) is 17.8. The number of ether oxygens (including phenoxy) is 1. The summed E-state index contributed by atoms with van der Waals surface area (Å²) in [4.78, 5) is 37.2. The second-order valence-corrected chi connectivity index (χ2v) is 6.86. The van der Waals surface area contributed by atoms with Crippen molar-refractivity contribution in [2.75, 3.05) is 20.2 Å². The number of carbonyl (C=O) groups excluding carboxylic acids is 2. The summed E-state index contributed by atoms with van der Waals surface area (Å²) < 4.78 is 9.54. The predicted octanol–water partition coefficient (Wildman–Crippen LogP) is 1.18. The SMILES string of the molecule is COC(=O)C[C@H]1CC[C@@H](CNC(=O)c2ccc(=O)oc2)N1CC1CC1. The second-order valence-electron chi connectivity index (χ2n) is 6.86. The lowest BCUT2D eigenvalue weighted by Crippen LogP contribution is -2.44. The van der Waals surface area contributed by atoms with Crippen LogP contribution in [0.4, 0.5) is 0 Å². The van der Waals surface area contributed by atoms with Gasteiger partial charge in [0.2, 0.25) is 0 Å². The van der Waals surface area contributed by atoms with Crippen molar-refractivity contribution in [3.05, 3.63) is 34.4 Å². The van der Waals surface area contributed by atoms with Crippen LogP contribution >= 0.6 is 0 Å². The number of hydrogen-bond donors (Lipinski definition) is 1. The first-order chi connectivity index (χ1) is 12.1. The molecule has 136 valence electrons. The molecular formula is C18H24N2O5. The predicted molar refractivity (Wildman–Crippen MR) is 90.2 cm³/mol. The highest BCUT2D eigenvalue weighted by Gasteiger charge is 2.38. The Morgan fingerprint density at radius 2 is 2.00 bits per heavy atom. The molecule has 3 rings (SSSR count). The van der Waals surface area contributed by atoms with Crippen LogP contribution in [-0.2, 0) is 9.53 Å². The molecule has 0 aromatic carbocycles. The zero-order valence-corrected chi connectivity index (χ0v) is 14.4. The highest BCUT2D eigenvalue weighted by atomic mass is 16.5. The fourth-order valence-electron chi connectivity index (χ4n) is 3.43. The molecule has 1 saturated carbocycles. The largest absolute Gasteiger partial charge is 0.469 e. The molecule has 1 saturated heterocycles. The van der Waals surface area contributed by atoms with Gasteiger partial charge in [-0.3, -0.25) is 14.5 Å². The molecular weight excluding hydrogens is 324 g/mol. The van der Waals surface area contributed by atoms with Gasteiger partial charge < -0.3 is 14.5 Å². The van der Waals surface area contributed by atoms with Crippen molar-refractivity contribution in [2.24, 2.45) is 5.92 Å². The monoisotopic (exact) mass is 348 g/mol. The van der Waals surface area contributed by atoms with Crippen molar-refractivity contribution in [2.45, 2.75) is 44.2 Å². The van der Waals surface area contributed by atoms with Crippen molar-refractivity contribution in [1.82, 2.24) is 10.2 Å². The lowest BCUT2D eigenvalue weighted by Gasteiger charge is -2.30. The Morgan fingerprint density at radius 1 is 1.24 bits per heavy atom. The van der Waals surface area contributed by atoms with Crippen LogP contribution in [0.25, 0.3) is 0 Å². The van der Waals surface area contributed by atoms with E-state index in [1.165, 1.54) is 38.3 Å². The smallest absolute Gasteiger partial charge is 0.335 e. The molecule has 25 heavy (non-hydrogen) atoms. The summed E-state index contributed by atoms with van der Waals surface area (Å²) >= 11 is 0. The van der Waals surface area contributed by atoms with Crippen LogP contribution in [0.3, 0.4) is 0 Å². The van der Waals surface area contributed by atoms with Gasteiger partial charge in [-0.05, 0) is 37.7 Å². The minimum Gasteiger partial charge on any atom is -0.469 e. The van der Waals surface area contributed by atoms with Crippen LogP contribution in [0.2, 0.25) is 0 Å². The Balaban J connectivity index is 1.57. The van der Waals surface area contributed by atoms with E-state index < -0.39 is 5.63 Å². The first kappa shape index (κ1) is 17.7. The van der Waals surface area contributed by atoms with Gasteiger partial charge in [-0.1, -0.05) is 0 Å². The number of methoxy groups -OCH3 is 1. The van der Waals surface area contributed by atoms with Gasteiger partial charge in [-0.25, -0.2) is 4.79 Å². The number of rotatable bonds is 7. The molecule has 7 nitrogen and oxygen atoms in total. The Morgan fingerprint density at radius 3 is 2.64 bits per heavy atom. The summed E-state index contributed by atoms with van der Waals surface area (Å²) in [6.45, 7) is 1.49. The van der Waals surface area contributed by atoms with Gasteiger partial charge in [0.1, 0.15) is 6.26 Å². The van der Waals surface area contributed by atoms with Crippen LogP contribution in [0.1, 0.15) is 42.5 Å². The Bertz CT molecular complexity index is 662. The first-order valence-corrected chi connectivity index (χ1v) is 8.76. The van der Waals surface area contributed by atoms with Crippen LogP contribution in [0.5, 0.6) is 0 Å². The molecule has 2 heterocycles. The Labute approximate surface area is 146 Å². The molecule has 0 spiro atoms. The molecule has 0 unspecified atom stereocenters. The number of esters is 1. The van der Waals surface area contributed by atoms with E-state index in [4.69, 9.17) is 9.15 Å². The van der Waals surface area contributed by atoms with Crippen LogP contribution in [0.15, 0.2) is 27.6 Å². The number of likely N-dealkylation sites (tertiary alicyclic amines) is 1. The van der Waals surface area contributed by atoms with Crippen molar-refractivity contribution >= 4 is 11.9 Å². The van der Waals surface area contributed by atoms with Crippen LogP contribution in [-0.4, -0.2) is 49.1 Å². The normalized spacial score (nSPS) is 23.4. The van der Waals surface area contributed by atoms with Gasteiger partial charge >= 0.3 is 11.6 Å². The first-order valence-electron chi connectivity index (χ1n) is 8.76. The van der Waals surface area contributed by atoms with Gasteiger partial charge in [0.05, 0.1) is 19.1 Å². The maximum atomic E-state index is 12.2. The van der Waals surface area contributed by atoms with Crippen molar-refractivity contribution in [3.8, 4) is 0 Å². The van der Waals surface area contributed by atoms with Crippen LogP contribution < -0.4 is 10.9 Å². The maximum absolute atomic E-state index is 12.2. The van der Waals surface area contributed by atoms with Gasteiger partial charge in [0.25, 0.3) is 5.91 Å². The second kappa shape index (κ2) is 7.82. The molecule has 1 aliphatic carbocycles. The molecule has 2 aliphatic rings. The Kier molecular flexibility index (Phi) is 5.53. The summed E-state index contributed by atoms with van der Waals surface area (Å²) in [5.41, 5.74) is -0.147. The highest BCUT2D eigenvalue weighted by molar-refractivity contribution is 5.93. The summed E-state index contributed by atoms with van der Waals surface area (Å²) in [6, 6.07) is 3.09. The average molecular weight is 348 g/mol. The van der Waals surface area contributed by atoms with E-state index >= 15 is 0 Å². The van der Waals surface area contributed by atoms with E-state index in [-0.39, 0.29) is 24.0 Å². The number of nitrogens with zero attached hydrogens (tertiary/aromatic N) is 1. The molecule has 2 fully saturated rings. The topological polar surface area (TPSA) is 88.8 Å². The van der Waals surface area contributed by atoms with Crippen LogP contribution in [0, 0.1) is 5.92 Å². The fraction of sp³-hybridized carbons (Fsp3) is 0.611. The minimum absolute atomic E-state index is 0.185. The molecule has 0 radical (unpaired) electrons. The summed E-state index contributed by atoms with van der Waals surface area (Å²) in [7, 11) is 1.42. The summed E-state index contributed by atoms with van der Waals surface area (Å²) in [6.07, 6.45) is 5.93. The summed E-state index contributed by atoms with van der Waals surface area (Å²) in [5, 5.41) is 2.91. The van der Waals surface area contributed by atoms with E-state index in [0.717, 1.165) is 19.4 Å². The van der Waals surface area contributed by atoms with E-state index in [0.29, 0.717) is 24.4 Å². The highest BCUT2D eigenvalue weighted by Crippen LogP contribution is 2.35.